The average molecular weight is 172 g/mol. The SMILES string of the molecule is FC(F)(F)c1nncn1Cl. The normalized spacial score (nSPS) is 12.0. The van der Waals surface area contributed by atoms with E-state index < -0.39 is 12.0 Å². The molecule has 1 heterocycles. The summed E-state index contributed by atoms with van der Waals surface area (Å²) in [6.07, 6.45) is -3.76. The number of rotatable bonds is 0. The summed E-state index contributed by atoms with van der Waals surface area (Å²) in [6, 6.07) is 0. The van der Waals surface area contributed by atoms with Gasteiger partial charge in [-0.05, 0) is 0 Å². The Labute approximate surface area is 58.5 Å². The highest BCUT2D eigenvalue weighted by Gasteiger charge is 2.36. The quantitative estimate of drug-likeness (QED) is 0.589. The van der Waals surface area contributed by atoms with Crippen LogP contribution in [0.5, 0.6) is 0 Å². The molecule has 0 unspecified atom stereocenters. The van der Waals surface area contributed by atoms with Crippen molar-refractivity contribution in [2.75, 3.05) is 0 Å². The standard InChI is InChI=1S/C3HClF3N3/c4-10-1-8-9-2(10)3(5,6)7/h1H. The molecule has 0 saturated heterocycles. The molecule has 0 radical (unpaired) electrons. The number of alkyl halides is 3. The number of halogens is 4. The minimum absolute atomic E-state index is 0.292. The zero-order valence-electron chi connectivity index (χ0n) is 4.43. The van der Waals surface area contributed by atoms with E-state index in [-0.39, 0.29) is 0 Å². The molecule has 0 aromatic carbocycles. The molecule has 1 aromatic heterocycles. The van der Waals surface area contributed by atoms with Crippen molar-refractivity contribution in [3.63, 3.8) is 0 Å². The molecule has 0 spiro atoms. The van der Waals surface area contributed by atoms with Crippen LogP contribution in [0.2, 0.25) is 0 Å². The number of hydrogen-bond acceptors (Lipinski definition) is 2. The molecular weight excluding hydrogens is 171 g/mol. The van der Waals surface area contributed by atoms with Crippen molar-refractivity contribution >= 4 is 11.8 Å². The summed E-state index contributed by atoms with van der Waals surface area (Å²) < 4.78 is 35.3. The van der Waals surface area contributed by atoms with E-state index in [0.29, 0.717) is 4.09 Å². The molecule has 0 bridgehead atoms. The van der Waals surface area contributed by atoms with E-state index in [2.05, 4.69) is 10.2 Å². The average Bonchev–Trinajstić information content (AvgIpc) is 2.11. The van der Waals surface area contributed by atoms with Gasteiger partial charge in [0.15, 0.2) is 0 Å². The summed E-state index contributed by atoms with van der Waals surface area (Å²) >= 11 is 5.00. The van der Waals surface area contributed by atoms with Crippen LogP contribution in [-0.4, -0.2) is 14.3 Å². The number of aromatic nitrogens is 3. The fourth-order valence-corrected chi connectivity index (χ4v) is 0.570. The van der Waals surface area contributed by atoms with E-state index in [1.165, 1.54) is 0 Å². The van der Waals surface area contributed by atoms with E-state index >= 15 is 0 Å². The lowest BCUT2D eigenvalue weighted by atomic mass is 10.6. The van der Waals surface area contributed by atoms with E-state index in [1.54, 1.807) is 0 Å². The van der Waals surface area contributed by atoms with Crippen LogP contribution in [0.15, 0.2) is 6.33 Å². The van der Waals surface area contributed by atoms with Gasteiger partial charge in [-0.15, -0.1) is 10.2 Å². The van der Waals surface area contributed by atoms with Gasteiger partial charge in [0.1, 0.15) is 6.33 Å². The molecule has 0 aliphatic rings. The third-order valence-corrected chi connectivity index (χ3v) is 1.01. The van der Waals surface area contributed by atoms with Crippen LogP contribution in [0, 0.1) is 0 Å². The Morgan fingerprint density at radius 1 is 1.50 bits per heavy atom. The molecule has 1 rings (SSSR count). The van der Waals surface area contributed by atoms with Crippen LogP contribution in [0.1, 0.15) is 5.82 Å². The summed E-state index contributed by atoms with van der Waals surface area (Å²) in [4.78, 5) is 0. The van der Waals surface area contributed by atoms with Gasteiger partial charge in [0.25, 0.3) is 5.82 Å². The predicted octanol–water partition coefficient (Wildman–Crippen LogP) is 1.30. The van der Waals surface area contributed by atoms with Gasteiger partial charge < -0.3 is 0 Å². The van der Waals surface area contributed by atoms with Crippen LogP contribution in [0.3, 0.4) is 0 Å². The van der Waals surface area contributed by atoms with Gasteiger partial charge in [-0.1, -0.05) is 0 Å². The maximum Gasteiger partial charge on any atom is 0.452 e. The van der Waals surface area contributed by atoms with Crippen LogP contribution in [0.25, 0.3) is 0 Å². The first kappa shape index (κ1) is 7.33. The Kier molecular flexibility index (Phi) is 1.55. The zero-order chi connectivity index (χ0) is 7.78. The van der Waals surface area contributed by atoms with Gasteiger partial charge in [-0.25, -0.2) is 4.09 Å². The van der Waals surface area contributed by atoms with Crippen molar-refractivity contribution in [3.8, 4) is 0 Å². The summed E-state index contributed by atoms with van der Waals surface area (Å²) in [5.74, 6) is -1.21. The number of nitrogens with zero attached hydrogens (tertiary/aromatic N) is 3. The Morgan fingerprint density at radius 2 is 2.10 bits per heavy atom. The fourth-order valence-electron chi connectivity index (χ4n) is 0.401. The van der Waals surface area contributed by atoms with Crippen molar-refractivity contribution in [1.82, 2.24) is 14.3 Å². The molecular formula is C3HClF3N3. The Hall–Kier alpha value is -0.780. The fraction of sp³-hybridized carbons (Fsp3) is 0.333. The Balaban J connectivity index is 3.05. The highest BCUT2D eigenvalue weighted by molar-refractivity contribution is 6.15. The summed E-state index contributed by atoms with van der Waals surface area (Å²) in [7, 11) is 0. The van der Waals surface area contributed by atoms with Crippen molar-refractivity contribution in [1.29, 1.82) is 0 Å². The minimum Gasteiger partial charge on any atom is -0.218 e. The van der Waals surface area contributed by atoms with Gasteiger partial charge in [-0.2, -0.15) is 13.2 Å². The second-order valence-electron chi connectivity index (χ2n) is 1.46. The lowest BCUT2D eigenvalue weighted by Crippen LogP contribution is -2.10. The second kappa shape index (κ2) is 2.12. The molecule has 1 aromatic rings. The highest BCUT2D eigenvalue weighted by atomic mass is 35.5. The highest BCUT2D eigenvalue weighted by Crippen LogP contribution is 2.27. The molecule has 56 valence electrons. The van der Waals surface area contributed by atoms with E-state index in [1.807, 2.05) is 0 Å². The molecule has 0 saturated carbocycles. The van der Waals surface area contributed by atoms with Gasteiger partial charge in [0, 0.05) is 11.8 Å². The summed E-state index contributed by atoms with van der Waals surface area (Å²) in [5.41, 5.74) is 0. The maximum atomic E-state index is 11.7. The first-order chi connectivity index (χ1) is 4.52. The van der Waals surface area contributed by atoms with Crippen molar-refractivity contribution in [3.05, 3.63) is 12.2 Å². The zero-order valence-corrected chi connectivity index (χ0v) is 5.19. The van der Waals surface area contributed by atoms with Crippen LogP contribution in [-0.2, 0) is 6.18 Å². The Bertz CT molecular complexity index is 229. The summed E-state index contributed by atoms with van der Waals surface area (Å²) in [5, 5.41) is 5.69. The Morgan fingerprint density at radius 3 is 2.30 bits per heavy atom. The molecule has 7 heteroatoms. The van der Waals surface area contributed by atoms with Gasteiger partial charge >= 0.3 is 6.18 Å². The second-order valence-corrected chi connectivity index (χ2v) is 1.83. The molecule has 0 amide bonds. The van der Waals surface area contributed by atoms with Crippen LogP contribution in [0.4, 0.5) is 13.2 Å². The largest absolute Gasteiger partial charge is 0.452 e. The lowest BCUT2D eigenvalue weighted by Gasteiger charge is -2.00. The predicted molar refractivity (Wildman–Crippen MR) is 26.3 cm³/mol. The maximum absolute atomic E-state index is 11.7. The summed E-state index contributed by atoms with van der Waals surface area (Å²) in [6.45, 7) is 0. The van der Waals surface area contributed by atoms with E-state index in [4.69, 9.17) is 11.8 Å². The monoisotopic (exact) mass is 171 g/mol. The van der Waals surface area contributed by atoms with Crippen molar-refractivity contribution in [2.45, 2.75) is 6.18 Å². The topological polar surface area (TPSA) is 30.7 Å². The first-order valence-corrected chi connectivity index (χ1v) is 2.49. The van der Waals surface area contributed by atoms with Gasteiger partial charge in [0.2, 0.25) is 0 Å². The molecule has 0 N–H and O–H groups in total. The third kappa shape index (κ3) is 1.21. The molecule has 0 aliphatic carbocycles. The van der Waals surface area contributed by atoms with Crippen molar-refractivity contribution in [2.24, 2.45) is 0 Å². The van der Waals surface area contributed by atoms with Crippen LogP contribution < -0.4 is 0 Å². The van der Waals surface area contributed by atoms with Gasteiger partial charge in [-0.3, -0.25) is 0 Å². The number of hydrogen-bond donors (Lipinski definition) is 0. The van der Waals surface area contributed by atoms with Crippen LogP contribution >= 0.6 is 11.8 Å². The lowest BCUT2D eigenvalue weighted by molar-refractivity contribution is -0.145. The van der Waals surface area contributed by atoms with E-state index in [0.717, 1.165) is 6.33 Å². The molecule has 3 nitrogen and oxygen atoms in total. The van der Waals surface area contributed by atoms with Gasteiger partial charge in [0.05, 0.1) is 0 Å². The smallest absolute Gasteiger partial charge is 0.218 e. The van der Waals surface area contributed by atoms with E-state index in [9.17, 15) is 13.2 Å². The molecule has 0 aliphatic heterocycles. The molecule has 0 fully saturated rings. The molecule has 10 heavy (non-hydrogen) atoms. The minimum atomic E-state index is -4.53. The third-order valence-electron chi connectivity index (χ3n) is 0.761. The van der Waals surface area contributed by atoms with Crippen molar-refractivity contribution < 1.29 is 13.2 Å². The first-order valence-electron chi connectivity index (χ1n) is 2.15. The molecule has 0 atom stereocenters.